The lowest BCUT2D eigenvalue weighted by atomic mass is 9.86. The average molecular weight is 583 g/mol. The lowest BCUT2D eigenvalue weighted by Gasteiger charge is -2.37. The van der Waals surface area contributed by atoms with Gasteiger partial charge in [-0.15, -0.1) is 0 Å². The number of hydrogen-bond donors (Lipinski definition) is 2. The van der Waals surface area contributed by atoms with E-state index >= 15 is 0 Å². The van der Waals surface area contributed by atoms with Crippen molar-refractivity contribution in [2.45, 2.75) is 31.4 Å². The third kappa shape index (κ3) is 7.06. The average Bonchev–Trinajstić information content (AvgIpc) is 3.33. The zero-order valence-corrected chi connectivity index (χ0v) is 23.1. The van der Waals surface area contributed by atoms with E-state index < -0.39 is 5.60 Å². The molecule has 204 valence electrons. The fraction of sp³-hybridized carbons (Fsp3) is 0.440. The van der Waals surface area contributed by atoms with E-state index in [0.29, 0.717) is 40.3 Å². The number of carbonyl (C=O) groups excluding carboxylic acids is 2. The van der Waals surface area contributed by atoms with E-state index in [4.69, 9.17) is 44.4 Å². The lowest BCUT2D eigenvalue weighted by Crippen LogP contribution is -2.55. The number of hydrazine groups is 1. The highest BCUT2D eigenvalue weighted by molar-refractivity contribution is 6.42. The van der Waals surface area contributed by atoms with Gasteiger partial charge in [-0.05, 0) is 29.8 Å². The SMILES string of the molecule is NC=O.O=C(NN1CCN(c2ncccc2Cl)CC1)C1=NOC2(CCN(Cc3ccc(Cl)c(Cl)c3)CC2)C1. The van der Waals surface area contributed by atoms with Crippen LogP contribution < -0.4 is 16.1 Å². The first-order valence-electron chi connectivity index (χ1n) is 12.3. The summed E-state index contributed by atoms with van der Waals surface area (Å²) in [6, 6.07) is 9.40. The first-order chi connectivity index (χ1) is 18.3. The number of piperazine rings is 1. The molecule has 0 bridgehead atoms. The monoisotopic (exact) mass is 581 g/mol. The summed E-state index contributed by atoms with van der Waals surface area (Å²) >= 11 is 18.4. The van der Waals surface area contributed by atoms with Gasteiger partial charge in [-0.3, -0.25) is 19.9 Å². The molecule has 0 unspecified atom stereocenters. The van der Waals surface area contributed by atoms with E-state index in [1.54, 1.807) is 6.20 Å². The van der Waals surface area contributed by atoms with E-state index in [1.165, 1.54) is 0 Å². The smallest absolute Gasteiger partial charge is 0.283 e. The second-order valence-electron chi connectivity index (χ2n) is 9.37. The van der Waals surface area contributed by atoms with Gasteiger partial charge in [-0.2, -0.15) is 0 Å². The van der Waals surface area contributed by atoms with Crippen molar-refractivity contribution in [3.8, 4) is 0 Å². The van der Waals surface area contributed by atoms with E-state index in [2.05, 4.69) is 31.1 Å². The van der Waals surface area contributed by atoms with Crippen molar-refractivity contribution in [1.29, 1.82) is 0 Å². The number of nitrogens with two attached hydrogens (primary N) is 1. The van der Waals surface area contributed by atoms with Gasteiger partial charge in [0.15, 0.2) is 0 Å². The van der Waals surface area contributed by atoms with Gasteiger partial charge >= 0.3 is 0 Å². The standard InChI is InChI=1S/C24H27Cl3N6O2.CH3NO/c25-18-4-3-17(14-20(18)27)16-31-8-5-24(6-9-31)15-21(30-35-24)23(34)29-33-12-10-32(11-13-33)22-19(26)2-1-7-28-22;2-1-3/h1-4,7,14H,5-6,8-13,15-16H2,(H,29,34);1H,(H2,2,3). The predicted molar refractivity (Wildman–Crippen MR) is 148 cm³/mol. The van der Waals surface area contributed by atoms with Crippen molar-refractivity contribution in [2.75, 3.05) is 44.2 Å². The third-order valence-electron chi connectivity index (χ3n) is 6.84. The van der Waals surface area contributed by atoms with Crippen molar-refractivity contribution in [3.63, 3.8) is 0 Å². The van der Waals surface area contributed by atoms with Crippen molar-refractivity contribution >= 4 is 58.6 Å². The van der Waals surface area contributed by atoms with Gasteiger partial charge in [0.2, 0.25) is 6.41 Å². The molecule has 0 radical (unpaired) electrons. The van der Waals surface area contributed by atoms with Crippen LogP contribution in [0.2, 0.25) is 15.1 Å². The molecule has 38 heavy (non-hydrogen) atoms. The molecule has 1 aromatic carbocycles. The molecule has 1 aromatic heterocycles. The molecule has 0 atom stereocenters. The summed E-state index contributed by atoms with van der Waals surface area (Å²) in [5.74, 6) is 0.589. The molecule has 2 fully saturated rings. The number of pyridine rings is 1. The summed E-state index contributed by atoms with van der Waals surface area (Å²) in [6.07, 6.45) is 4.15. The second-order valence-corrected chi connectivity index (χ2v) is 10.6. The fourth-order valence-electron chi connectivity index (χ4n) is 4.77. The summed E-state index contributed by atoms with van der Waals surface area (Å²) in [4.78, 5) is 36.1. The molecule has 3 N–H and O–H groups in total. The van der Waals surface area contributed by atoms with Crippen LogP contribution in [0.1, 0.15) is 24.8 Å². The topological polar surface area (TPSA) is 116 Å². The van der Waals surface area contributed by atoms with Crippen molar-refractivity contribution < 1.29 is 14.4 Å². The number of nitrogens with zero attached hydrogens (tertiary/aromatic N) is 5. The molecule has 2 aromatic rings. The maximum absolute atomic E-state index is 12.9. The Morgan fingerprint density at radius 3 is 2.42 bits per heavy atom. The zero-order valence-electron chi connectivity index (χ0n) is 20.8. The Kier molecular flexibility index (Phi) is 9.67. The molecule has 13 heteroatoms. The maximum Gasteiger partial charge on any atom is 0.283 e. The molecule has 2 amide bonds. The Morgan fingerprint density at radius 1 is 1.05 bits per heavy atom. The molecule has 0 aliphatic carbocycles. The number of primary amides is 1. The number of hydrogen-bond acceptors (Lipinski definition) is 8. The molecular formula is C25H30Cl3N7O3. The van der Waals surface area contributed by atoms with Crippen LogP contribution in [0.3, 0.4) is 0 Å². The van der Waals surface area contributed by atoms with Gasteiger partial charge in [-0.25, -0.2) is 9.99 Å². The molecule has 3 aliphatic rings. The summed E-state index contributed by atoms with van der Waals surface area (Å²) in [5, 5.41) is 7.86. The van der Waals surface area contributed by atoms with Crippen LogP contribution in [0.4, 0.5) is 5.82 Å². The summed E-state index contributed by atoms with van der Waals surface area (Å²) in [7, 11) is 0. The van der Waals surface area contributed by atoms with E-state index in [9.17, 15) is 4.79 Å². The summed E-state index contributed by atoms with van der Waals surface area (Å²) < 4.78 is 0. The Hall–Kier alpha value is -2.63. The number of piperidine rings is 1. The van der Waals surface area contributed by atoms with Gasteiger partial charge in [-0.1, -0.05) is 46.0 Å². The number of likely N-dealkylation sites (tertiary alicyclic amines) is 1. The number of carbonyl (C=O) groups is 2. The number of rotatable bonds is 5. The van der Waals surface area contributed by atoms with Crippen LogP contribution in [0.5, 0.6) is 0 Å². The molecule has 0 saturated carbocycles. The predicted octanol–water partition coefficient (Wildman–Crippen LogP) is 3.11. The number of amides is 2. The van der Waals surface area contributed by atoms with Crippen molar-refractivity contribution in [1.82, 2.24) is 20.3 Å². The molecule has 5 rings (SSSR count). The minimum absolute atomic E-state index is 0.190. The molecular weight excluding hydrogens is 553 g/mol. The number of aromatic nitrogens is 1. The number of halogens is 3. The quantitative estimate of drug-likeness (QED) is 0.521. The fourth-order valence-corrected chi connectivity index (χ4v) is 5.34. The van der Waals surface area contributed by atoms with E-state index in [0.717, 1.165) is 56.9 Å². The van der Waals surface area contributed by atoms with E-state index in [1.807, 2.05) is 35.3 Å². The Bertz CT molecular complexity index is 1170. The number of benzene rings is 1. The molecule has 2 saturated heterocycles. The van der Waals surface area contributed by atoms with Crippen LogP contribution in [0, 0.1) is 0 Å². The highest BCUT2D eigenvalue weighted by Gasteiger charge is 2.44. The zero-order chi connectivity index (χ0) is 27.1. The molecule has 10 nitrogen and oxygen atoms in total. The third-order valence-corrected chi connectivity index (χ3v) is 7.87. The first kappa shape index (κ1) is 28.4. The summed E-state index contributed by atoms with van der Waals surface area (Å²) in [5.41, 5.74) is 8.35. The van der Waals surface area contributed by atoms with Crippen LogP contribution in [0.25, 0.3) is 0 Å². The van der Waals surface area contributed by atoms with E-state index in [-0.39, 0.29) is 12.3 Å². The van der Waals surface area contributed by atoms with Crippen LogP contribution in [-0.2, 0) is 21.0 Å². The van der Waals surface area contributed by atoms with Crippen LogP contribution in [-0.4, -0.2) is 77.8 Å². The Labute approximate surface area is 236 Å². The van der Waals surface area contributed by atoms with Gasteiger partial charge in [0.05, 0.1) is 15.1 Å². The lowest BCUT2D eigenvalue weighted by molar-refractivity contribution is -0.119. The molecule has 3 aliphatic heterocycles. The van der Waals surface area contributed by atoms with Gasteiger partial charge in [0.1, 0.15) is 17.1 Å². The van der Waals surface area contributed by atoms with Gasteiger partial charge < -0.3 is 15.5 Å². The first-order valence-corrected chi connectivity index (χ1v) is 13.4. The van der Waals surface area contributed by atoms with Crippen molar-refractivity contribution in [3.05, 3.63) is 57.2 Å². The summed E-state index contributed by atoms with van der Waals surface area (Å²) in [6.45, 7) is 5.31. The molecule has 4 heterocycles. The number of anilines is 1. The normalized spacial score (nSPS) is 19.2. The minimum Gasteiger partial charge on any atom is -0.388 e. The van der Waals surface area contributed by atoms with Gasteiger partial charge in [0, 0.05) is 71.3 Å². The highest BCUT2D eigenvalue weighted by Crippen LogP contribution is 2.35. The van der Waals surface area contributed by atoms with Crippen molar-refractivity contribution in [2.24, 2.45) is 10.9 Å². The Morgan fingerprint density at radius 2 is 1.76 bits per heavy atom. The maximum atomic E-state index is 12.9. The highest BCUT2D eigenvalue weighted by atomic mass is 35.5. The van der Waals surface area contributed by atoms with Crippen LogP contribution in [0.15, 0.2) is 41.7 Å². The largest absolute Gasteiger partial charge is 0.388 e. The second kappa shape index (κ2) is 12.9. The number of oxime groups is 1. The molecule has 1 spiro atoms. The van der Waals surface area contributed by atoms with Crippen LogP contribution >= 0.6 is 34.8 Å². The Balaban J connectivity index is 0.00000107. The van der Waals surface area contributed by atoms with Gasteiger partial charge in [0.25, 0.3) is 5.91 Å². The minimum atomic E-state index is -0.394. The number of nitrogens with one attached hydrogen (secondary N) is 1.